The third kappa shape index (κ3) is 4.01. The molecule has 0 aromatic heterocycles. The molecule has 2 aliphatic rings. The van der Waals surface area contributed by atoms with Crippen LogP contribution in [0.1, 0.15) is 6.92 Å². The quantitative estimate of drug-likeness (QED) is 0.714. The number of halogens is 1. The van der Waals surface area contributed by atoms with Gasteiger partial charge in [0, 0.05) is 17.1 Å². The van der Waals surface area contributed by atoms with E-state index in [-0.39, 0.29) is 11.7 Å². The van der Waals surface area contributed by atoms with Crippen molar-refractivity contribution >= 4 is 67.9 Å². The van der Waals surface area contributed by atoms with Gasteiger partial charge in [0.15, 0.2) is 5.92 Å². The number of carbonyl (C=O) groups is 3. The lowest BCUT2D eigenvalue weighted by molar-refractivity contribution is -0.407. The normalized spacial score (nSPS) is 19.6. The summed E-state index contributed by atoms with van der Waals surface area (Å²) in [5, 5.41) is 3.25. The molecular weight excluding hydrogens is 434 g/mol. The number of carbonyl (C=O) groups excluding carboxylic acids is 3. The summed E-state index contributed by atoms with van der Waals surface area (Å²) in [5.41, 5.74) is 0.679. The molecule has 0 aliphatic carbocycles. The molecule has 1 atom stereocenters. The molecular formula is C17H17BrN5O3S+. The molecule has 1 aromatic rings. The molecule has 4 amide bonds. The van der Waals surface area contributed by atoms with Crippen molar-refractivity contribution in [2.45, 2.75) is 6.92 Å². The van der Waals surface area contributed by atoms with Crippen molar-refractivity contribution in [3.05, 3.63) is 28.7 Å². The Kier molecular flexibility index (Phi) is 5.56. The fraction of sp³-hybridized carbons (Fsp3) is 0.294. The van der Waals surface area contributed by atoms with E-state index in [2.05, 4.69) is 31.2 Å². The molecule has 2 heterocycles. The maximum absolute atomic E-state index is 12.6. The lowest BCUT2D eigenvalue weighted by Gasteiger charge is -2.26. The van der Waals surface area contributed by atoms with E-state index in [1.54, 1.807) is 26.1 Å². The number of nitrogens with zero attached hydrogens (tertiary/aromatic N) is 4. The Morgan fingerprint density at radius 1 is 1.30 bits per heavy atom. The van der Waals surface area contributed by atoms with Gasteiger partial charge < -0.3 is 5.32 Å². The van der Waals surface area contributed by atoms with Crippen LogP contribution in [0.25, 0.3) is 0 Å². The van der Waals surface area contributed by atoms with E-state index in [1.807, 2.05) is 12.1 Å². The van der Waals surface area contributed by atoms with Crippen LogP contribution in [0.3, 0.4) is 0 Å². The molecule has 140 valence electrons. The highest BCUT2D eigenvalue weighted by Crippen LogP contribution is 2.25. The van der Waals surface area contributed by atoms with Gasteiger partial charge in [-0.05, 0) is 24.3 Å². The van der Waals surface area contributed by atoms with E-state index < -0.39 is 17.9 Å². The SMILES string of the molecule is CC1=NC2=[N+](C)C(=O)N(C)C(=O)C2C(SCC(=O)Nc2ccc(Br)cc2)=N1. The van der Waals surface area contributed by atoms with Crippen LogP contribution in [0, 0.1) is 5.92 Å². The molecule has 3 rings (SSSR count). The Morgan fingerprint density at radius 3 is 2.63 bits per heavy atom. The number of benzene rings is 1. The van der Waals surface area contributed by atoms with Crippen molar-refractivity contribution in [2.75, 3.05) is 25.2 Å². The molecule has 8 nitrogen and oxygen atoms in total. The van der Waals surface area contributed by atoms with Crippen molar-refractivity contribution in [3.8, 4) is 0 Å². The fourth-order valence-electron chi connectivity index (χ4n) is 2.67. The summed E-state index contributed by atoms with van der Waals surface area (Å²) in [4.78, 5) is 46.6. The number of anilines is 1. The second kappa shape index (κ2) is 7.73. The highest BCUT2D eigenvalue weighted by molar-refractivity contribution is 9.10. The maximum Gasteiger partial charge on any atom is 0.445 e. The van der Waals surface area contributed by atoms with E-state index >= 15 is 0 Å². The zero-order valence-electron chi connectivity index (χ0n) is 14.9. The zero-order valence-corrected chi connectivity index (χ0v) is 17.3. The number of amides is 4. The Bertz CT molecular complexity index is 923. The first-order chi connectivity index (χ1) is 12.8. The Labute approximate surface area is 168 Å². The van der Waals surface area contributed by atoms with Gasteiger partial charge in [-0.25, -0.2) is 9.79 Å². The van der Waals surface area contributed by atoms with Gasteiger partial charge in [-0.3, -0.25) is 9.59 Å². The van der Waals surface area contributed by atoms with Gasteiger partial charge in [-0.15, -0.1) is 0 Å². The van der Waals surface area contributed by atoms with Crippen molar-refractivity contribution in [1.29, 1.82) is 0 Å². The molecule has 0 radical (unpaired) electrons. The summed E-state index contributed by atoms with van der Waals surface area (Å²) in [7, 11) is 2.99. The summed E-state index contributed by atoms with van der Waals surface area (Å²) in [6, 6.07) is 6.79. The minimum Gasteiger partial charge on any atom is -0.325 e. The summed E-state index contributed by atoms with van der Waals surface area (Å²) >= 11 is 4.51. The Morgan fingerprint density at radius 2 is 1.96 bits per heavy atom. The first-order valence-corrected chi connectivity index (χ1v) is 9.80. The lowest BCUT2D eigenvalue weighted by Crippen LogP contribution is -2.54. The van der Waals surface area contributed by atoms with Crippen LogP contribution in [0.15, 0.2) is 38.7 Å². The second-order valence-electron chi connectivity index (χ2n) is 5.98. The summed E-state index contributed by atoms with van der Waals surface area (Å²) in [6.07, 6.45) is 0. The van der Waals surface area contributed by atoms with Crippen LogP contribution in [-0.4, -0.2) is 63.9 Å². The van der Waals surface area contributed by atoms with Gasteiger partial charge >= 0.3 is 11.9 Å². The summed E-state index contributed by atoms with van der Waals surface area (Å²) in [5.74, 6) is -0.523. The van der Waals surface area contributed by atoms with Crippen molar-refractivity contribution in [2.24, 2.45) is 15.9 Å². The maximum atomic E-state index is 12.6. The second-order valence-corrected chi connectivity index (χ2v) is 7.89. The van der Waals surface area contributed by atoms with Crippen LogP contribution in [0.4, 0.5) is 10.5 Å². The molecule has 2 aliphatic heterocycles. The minimum atomic E-state index is -0.771. The summed E-state index contributed by atoms with van der Waals surface area (Å²) in [6.45, 7) is 1.69. The third-order valence-electron chi connectivity index (χ3n) is 4.03. The number of amidine groups is 2. The molecule has 0 saturated carbocycles. The average molecular weight is 451 g/mol. The van der Waals surface area contributed by atoms with Crippen molar-refractivity contribution < 1.29 is 19.0 Å². The number of thioether (sulfide) groups is 1. The molecule has 10 heteroatoms. The Hall–Kier alpha value is -2.33. The first-order valence-electron chi connectivity index (χ1n) is 8.02. The standard InChI is InChI=1S/C17H16BrN5O3S/c1-9-19-14-13(16(25)23(3)17(26)22(14)2)15(20-9)27-8-12(24)21-11-6-4-10(18)5-7-11/h4-7,13H,8H2,1-3H3/p+1. The smallest absolute Gasteiger partial charge is 0.325 e. The van der Waals surface area contributed by atoms with Crippen LogP contribution in [-0.2, 0) is 9.59 Å². The lowest BCUT2D eigenvalue weighted by atomic mass is 10.1. The number of aliphatic imine (C=N–C) groups is 2. The van der Waals surface area contributed by atoms with E-state index in [0.29, 0.717) is 22.4 Å². The van der Waals surface area contributed by atoms with Gasteiger partial charge in [-0.2, -0.15) is 9.48 Å². The molecule has 1 aromatic carbocycles. The van der Waals surface area contributed by atoms with Gasteiger partial charge in [0.25, 0.3) is 5.84 Å². The number of hydrogen-bond donors (Lipinski definition) is 1. The third-order valence-corrected chi connectivity index (χ3v) is 5.59. The molecule has 0 fully saturated rings. The van der Waals surface area contributed by atoms with Gasteiger partial charge in [0.05, 0.1) is 19.8 Å². The van der Waals surface area contributed by atoms with Crippen LogP contribution in [0.2, 0.25) is 0 Å². The number of hydrogen-bond acceptors (Lipinski definition) is 6. The van der Waals surface area contributed by atoms with Crippen LogP contribution >= 0.6 is 27.7 Å². The molecule has 0 bridgehead atoms. The number of rotatable bonds is 3. The minimum absolute atomic E-state index is 0.0839. The van der Waals surface area contributed by atoms with E-state index in [4.69, 9.17) is 0 Å². The van der Waals surface area contributed by atoms with E-state index in [9.17, 15) is 14.4 Å². The van der Waals surface area contributed by atoms with Gasteiger partial charge in [0.2, 0.25) is 11.7 Å². The number of fused-ring (bicyclic) bond motifs is 1. The van der Waals surface area contributed by atoms with Gasteiger partial charge in [0.1, 0.15) is 5.04 Å². The molecule has 27 heavy (non-hydrogen) atoms. The predicted octanol–water partition coefficient (Wildman–Crippen LogP) is 2.20. The van der Waals surface area contributed by atoms with Crippen LogP contribution < -0.4 is 5.32 Å². The molecule has 0 saturated heterocycles. The van der Waals surface area contributed by atoms with Crippen LogP contribution in [0.5, 0.6) is 0 Å². The topological polar surface area (TPSA) is 94.2 Å². The number of urea groups is 1. The highest BCUT2D eigenvalue weighted by Gasteiger charge is 2.48. The van der Waals surface area contributed by atoms with E-state index in [0.717, 1.165) is 9.37 Å². The largest absolute Gasteiger partial charge is 0.445 e. The van der Waals surface area contributed by atoms with Gasteiger partial charge in [-0.1, -0.05) is 32.7 Å². The van der Waals surface area contributed by atoms with Crippen molar-refractivity contribution in [3.63, 3.8) is 0 Å². The average Bonchev–Trinajstić information content (AvgIpc) is 2.64. The number of imide groups is 1. The van der Waals surface area contributed by atoms with E-state index in [1.165, 1.54) is 23.4 Å². The molecule has 1 unspecified atom stereocenters. The monoisotopic (exact) mass is 450 g/mol. The predicted molar refractivity (Wildman–Crippen MR) is 109 cm³/mol. The summed E-state index contributed by atoms with van der Waals surface area (Å²) < 4.78 is 2.26. The first kappa shape index (κ1) is 19.4. The molecule has 1 N–H and O–H groups in total. The highest BCUT2D eigenvalue weighted by atomic mass is 79.9. The number of nitrogens with one attached hydrogen (secondary N) is 1. The van der Waals surface area contributed by atoms with Crippen molar-refractivity contribution in [1.82, 2.24) is 4.90 Å². The molecule has 0 spiro atoms. The Balaban J connectivity index is 1.75. The fourth-order valence-corrected chi connectivity index (χ4v) is 3.86. The zero-order chi connectivity index (χ0) is 19.7.